The fourth-order valence-corrected chi connectivity index (χ4v) is 3.50. The van der Waals surface area contributed by atoms with Crippen LogP contribution >= 0.6 is 11.3 Å². The number of hydrogen-bond donors (Lipinski definition) is 2. The molecule has 0 unspecified atom stereocenters. The fraction of sp³-hybridized carbons (Fsp3) is 0.200. The highest BCUT2D eigenvalue weighted by atomic mass is 32.2. The number of rotatable bonds is 6. The van der Waals surface area contributed by atoms with Gasteiger partial charge in [-0.3, -0.25) is 4.79 Å². The van der Waals surface area contributed by atoms with Gasteiger partial charge in [0, 0.05) is 16.6 Å². The Bertz CT molecular complexity index is 851. The maximum atomic E-state index is 12.1. The van der Waals surface area contributed by atoms with Crippen LogP contribution in [0.25, 0.3) is 0 Å². The number of amides is 1. The number of sulfonamides is 1. The van der Waals surface area contributed by atoms with Gasteiger partial charge in [-0.15, -0.1) is 17.8 Å². The highest BCUT2D eigenvalue weighted by molar-refractivity contribution is 7.89. The lowest BCUT2D eigenvalue weighted by molar-refractivity contribution is 0.0951. The summed E-state index contributed by atoms with van der Waals surface area (Å²) in [5.74, 6) is 1.84. The zero-order chi connectivity index (χ0) is 16.9. The molecule has 0 saturated carbocycles. The summed E-state index contributed by atoms with van der Waals surface area (Å²) in [4.78, 5) is 17.2. The Morgan fingerprint density at radius 1 is 1.43 bits per heavy atom. The zero-order valence-corrected chi connectivity index (χ0v) is 14.0. The quantitative estimate of drug-likeness (QED) is 0.769. The van der Waals surface area contributed by atoms with Crippen molar-refractivity contribution in [1.82, 2.24) is 15.0 Å². The van der Waals surface area contributed by atoms with Crippen LogP contribution in [0.2, 0.25) is 0 Å². The van der Waals surface area contributed by atoms with E-state index in [-0.39, 0.29) is 22.9 Å². The normalized spacial score (nSPS) is 11.0. The van der Waals surface area contributed by atoms with Gasteiger partial charge in [0.15, 0.2) is 0 Å². The lowest BCUT2D eigenvalue weighted by atomic mass is 10.2. The Balaban J connectivity index is 2.09. The third kappa shape index (κ3) is 4.63. The number of thiazole rings is 1. The maximum absolute atomic E-state index is 12.1. The average molecular weight is 349 g/mol. The number of nitrogens with zero attached hydrogens (tertiary/aromatic N) is 1. The van der Waals surface area contributed by atoms with Crippen LogP contribution in [-0.4, -0.2) is 25.9 Å². The first kappa shape index (κ1) is 17.1. The second-order valence-electron chi connectivity index (χ2n) is 4.58. The molecular formula is C15H15N3O3S2. The van der Waals surface area contributed by atoms with Gasteiger partial charge in [-0.2, -0.15) is 4.72 Å². The van der Waals surface area contributed by atoms with Gasteiger partial charge in [0.2, 0.25) is 10.0 Å². The molecule has 2 aromatic rings. The van der Waals surface area contributed by atoms with Crippen LogP contribution in [0.5, 0.6) is 0 Å². The minimum absolute atomic E-state index is 0.00552. The number of terminal acetylenes is 1. The molecular weight excluding hydrogens is 334 g/mol. The average Bonchev–Trinajstić information content (AvgIpc) is 2.96. The molecule has 0 radical (unpaired) electrons. The molecule has 120 valence electrons. The molecule has 0 saturated heterocycles. The minimum Gasteiger partial charge on any atom is -0.347 e. The third-order valence-corrected chi connectivity index (χ3v) is 5.17. The molecule has 0 bridgehead atoms. The van der Waals surface area contributed by atoms with Crippen LogP contribution in [0, 0.1) is 19.3 Å². The topological polar surface area (TPSA) is 88.2 Å². The number of hydrogen-bond acceptors (Lipinski definition) is 5. The van der Waals surface area contributed by atoms with E-state index in [1.165, 1.54) is 29.5 Å². The maximum Gasteiger partial charge on any atom is 0.251 e. The summed E-state index contributed by atoms with van der Waals surface area (Å²) >= 11 is 1.49. The zero-order valence-electron chi connectivity index (χ0n) is 12.4. The molecule has 8 heteroatoms. The molecule has 0 atom stereocenters. The molecule has 6 nitrogen and oxygen atoms in total. The van der Waals surface area contributed by atoms with Crippen LogP contribution < -0.4 is 10.0 Å². The lowest BCUT2D eigenvalue weighted by Crippen LogP contribution is -2.25. The molecule has 0 spiro atoms. The van der Waals surface area contributed by atoms with Gasteiger partial charge in [-0.1, -0.05) is 12.0 Å². The molecule has 0 fully saturated rings. The Morgan fingerprint density at radius 3 is 2.87 bits per heavy atom. The van der Waals surface area contributed by atoms with Gasteiger partial charge >= 0.3 is 0 Å². The molecule has 1 amide bonds. The van der Waals surface area contributed by atoms with Gasteiger partial charge in [0.05, 0.1) is 23.0 Å². The van der Waals surface area contributed by atoms with Crippen LogP contribution in [0.4, 0.5) is 0 Å². The van der Waals surface area contributed by atoms with Gasteiger partial charge < -0.3 is 5.32 Å². The number of benzene rings is 1. The Morgan fingerprint density at radius 2 is 2.22 bits per heavy atom. The number of carbonyl (C=O) groups excluding carboxylic acids is 1. The summed E-state index contributed by atoms with van der Waals surface area (Å²) in [5, 5.41) is 3.65. The van der Waals surface area contributed by atoms with Crippen molar-refractivity contribution in [3.05, 3.63) is 45.9 Å². The molecule has 1 aromatic heterocycles. The molecule has 2 N–H and O–H groups in total. The van der Waals surface area contributed by atoms with Crippen molar-refractivity contribution in [2.75, 3.05) is 6.54 Å². The van der Waals surface area contributed by atoms with Crippen LogP contribution in [0.15, 0.2) is 35.4 Å². The first-order valence-corrected chi connectivity index (χ1v) is 8.95. The van der Waals surface area contributed by atoms with Crippen molar-refractivity contribution in [3.8, 4) is 12.3 Å². The van der Waals surface area contributed by atoms with Gasteiger partial charge in [-0.25, -0.2) is 13.4 Å². The van der Waals surface area contributed by atoms with Crippen molar-refractivity contribution in [2.24, 2.45) is 0 Å². The highest BCUT2D eigenvalue weighted by Crippen LogP contribution is 2.13. The molecule has 1 aromatic carbocycles. The Labute approximate surface area is 139 Å². The fourth-order valence-electron chi connectivity index (χ4n) is 1.78. The monoisotopic (exact) mass is 349 g/mol. The molecule has 0 aliphatic rings. The largest absolute Gasteiger partial charge is 0.347 e. The van der Waals surface area contributed by atoms with Crippen LogP contribution in [-0.2, 0) is 16.6 Å². The first-order valence-electron chi connectivity index (χ1n) is 6.65. The van der Waals surface area contributed by atoms with E-state index in [0.29, 0.717) is 6.54 Å². The Kier molecular flexibility index (Phi) is 5.50. The molecule has 2 rings (SSSR count). The molecule has 0 aliphatic heterocycles. The van der Waals surface area contributed by atoms with Crippen molar-refractivity contribution in [1.29, 1.82) is 0 Å². The number of nitrogens with one attached hydrogen (secondary N) is 2. The van der Waals surface area contributed by atoms with Gasteiger partial charge in [0.25, 0.3) is 5.91 Å². The van der Waals surface area contributed by atoms with E-state index in [0.717, 1.165) is 9.88 Å². The summed E-state index contributed by atoms with van der Waals surface area (Å²) in [5.41, 5.74) is 0.259. The summed E-state index contributed by atoms with van der Waals surface area (Å²) in [6.45, 7) is 2.12. The molecule has 0 aliphatic carbocycles. The van der Waals surface area contributed by atoms with Crippen molar-refractivity contribution in [2.45, 2.75) is 18.4 Å². The summed E-state index contributed by atoms with van der Waals surface area (Å²) in [6, 6.07) is 5.78. The van der Waals surface area contributed by atoms with Crippen LogP contribution in [0.1, 0.15) is 20.2 Å². The van der Waals surface area contributed by atoms with Gasteiger partial charge in [0.1, 0.15) is 0 Å². The SMILES string of the molecule is C#CCNS(=O)(=O)c1cccc(C(=O)NCc2cnc(C)s2)c1. The van der Waals surface area contributed by atoms with E-state index in [4.69, 9.17) is 6.42 Å². The van der Waals surface area contributed by atoms with E-state index < -0.39 is 10.0 Å². The van der Waals surface area contributed by atoms with E-state index in [1.54, 1.807) is 12.3 Å². The summed E-state index contributed by atoms with van der Waals surface area (Å²) < 4.78 is 26.3. The van der Waals surface area contributed by atoms with Crippen molar-refractivity contribution < 1.29 is 13.2 Å². The van der Waals surface area contributed by atoms with E-state index in [2.05, 4.69) is 20.9 Å². The molecule has 1 heterocycles. The van der Waals surface area contributed by atoms with E-state index in [1.807, 2.05) is 6.92 Å². The molecule has 23 heavy (non-hydrogen) atoms. The number of aromatic nitrogens is 1. The first-order chi connectivity index (χ1) is 10.9. The van der Waals surface area contributed by atoms with Gasteiger partial charge in [-0.05, 0) is 25.1 Å². The van der Waals surface area contributed by atoms with E-state index >= 15 is 0 Å². The van der Waals surface area contributed by atoms with Crippen LogP contribution in [0.3, 0.4) is 0 Å². The second kappa shape index (κ2) is 7.37. The predicted molar refractivity (Wildman–Crippen MR) is 88.5 cm³/mol. The third-order valence-electron chi connectivity index (χ3n) is 2.86. The smallest absolute Gasteiger partial charge is 0.251 e. The van der Waals surface area contributed by atoms with Crippen molar-refractivity contribution in [3.63, 3.8) is 0 Å². The Hall–Kier alpha value is -2.21. The van der Waals surface area contributed by atoms with Crippen molar-refractivity contribution >= 4 is 27.3 Å². The summed E-state index contributed by atoms with van der Waals surface area (Å²) in [6.07, 6.45) is 6.74. The van der Waals surface area contributed by atoms with E-state index in [9.17, 15) is 13.2 Å². The highest BCUT2D eigenvalue weighted by Gasteiger charge is 2.15. The predicted octanol–water partition coefficient (Wildman–Crippen LogP) is 1.29. The number of aryl methyl sites for hydroxylation is 1. The lowest BCUT2D eigenvalue weighted by Gasteiger charge is -2.07. The summed E-state index contributed by atoms with van der Waals surface area (Å²) in [7, 11) is -3.72. The standard InChI is InChI=1S/C15H15N3O3S2/c1-3-7-18-23(20,21)14-6-4-5-12(8-14)15(19)17-10-13-9-16-11(2)22-13/h1,4-6,8-9,18H,7,10H2,2H3,(H,17,19). The second-order valence-corrected chi connectivity index (χ2v) is 7.67. The number of carbonyl (C=O) groups is 1. The minimum atomic E-state index is -3.72.